The molecule has 0 spiro atoms. The van der Waals surface area contributed by atoms with E-state index in [-0.39, 0.29) is 18.6 Å². The lowest BCUT2D eigenvalue weighted by atomic mass is 9.56. The van der Waals surface area contributed by atoms with Crippen molar-refractivity contribution in [1.82, 2.24) is 0 Å². The van der Waals surface area contributed by atoms with Crippen LogP contribution in [0.2, 0.25) is 0 Å². The number of esters is 2. The van der Waals surface area contributed by atoms with Gasteiger partial charge in [-0.05, 0) is 11.1 Å². The Morgan fingerprint density at radius 2 is 1.15 bits per heavy atom. The van der Waals surface area contributed by atoms with Gasteiger partial charge in [0.05, 0.1) is 14.2 Å². The molecule has 0 aliphatic heterocycles. The van der Waals surface area contributed by atoms with Crippen LogP contribution in [0.1, 0.15) is 35.8 Å². The van der Waals surface area contributed by atoms with Gasteiger partial charge >= 0.3 is 11.9 Å². The quantitative estimate of drug-likeness (QED) is 0.614. The highest BCUT2D eigenvalue weighted by atomic mass is 16.5. The maximum Gasteiger partial charge on any atom is 0.324 e. The van der Waals surface area contributed by atoms with Gasteiger partial charge in [-0.2, -0.15) is 0 Å². The SMILES string of the molecule is COC(=O)C1(C(=O)OC)[C@@H](c2ccccc2)CC(=O)C[C@@H]1c1ccccc1. The number of hydrogen-bond donors (Lipinski definition) is 0. The molecule has 0 heterocycles. The summed E-state index contributed by atoms with van der Waals surface area (Å²) in [6, 6.07) is 18.3. The molecule has 2 atom stereocenters. The van der Waals surface area contributed by atoms with Gasteiger partial charge in [-0.3, -0.25) is 14.4 Å². The molecule has 2 aromatic rings. The minimum absolute atomic E-state index is 0.00105. The van der Waals surface area contributed by atoms with E-state index in [4.69, 9.17) is 9.47 Å². The van der Waals surface area contributed by atoms with Gasteiger partial charge in [0.25, 0.3) is 0 Å². The fourth-order valence-corrected chi connectivity index (χ4v) is 4.23. The van der Waals surface area contributed by atoms with Crippen LogP contribution in [0.15, 0.2) is 60.7 Å². The second-order valence-electron chi connectivity index (χ2n) is 6.73. The summed E-state index contributed by atoms with van der Waals surface area (Å²) < 4.78 is 10.2. The van der Waals surface area contributed by atoms with Gasteiger partial charge in [0.15, 0.2) is 5.41 Å². The Morgan fingerprint density at radius 1 is 0.778 bits per heavy atom. The highest BCUT2D eigenvalue weighted by Gasteiger charge is 2.63. The van der Waals surface area contributed by atoms with E-state index in [2.05, 4.69) is 0 Å². The zero-order valence-corrected chi connectivity index (χ0v) is 15.4. The predicted octanol–water partition coefficient (Wildman–Crippen LogP) is 3.25. The molecular weight excluding hydrogens is 344 g/mol. The lowest BCUT2D eigenvalue weighted by Crippen LogP contribution is -2.53. The average molecular weight is 366 g/mol. The number of ketones is 1. The van der Waals surface area contributed by atoms with E-state index in [0.29, 0.717) is 0 Å². The van der Waals surface area contributed by atoms with Gasteiger partial charge in [0.1, 0.15) is 5.78 Å². The lowest BCUT2D eigenvalue weighted by molar-refractivity contribution is -0.175. The molecule has 0 amide bonds. The zero-order chi connectivity index (χ0) is 19.4. The third-order valence-electron chi connectivity index (χ3n) is 5.41. The summed E-state index contributed by atoms with van der Waals surface area (Å²) >= 11 is 0. The Morgan fingerprint density at radius 3 is 1.48 bits per heavy atom. The van der Waals surface area contributed by atoms with Gasteiger partial charge in [-0.1, -0.05) is 60.7 Å². The number of carbonyl (C=O) groups excluding carboxylic acids is 3. The molecule has 3 rings (SSSR count). The molecule has 0 aromatic heterocycles. The van der Waals surface area contributed by atoms with Crippen LogP contribution >= 0.6 is 0 Å². The molecule has 2 aromatic carbocycles. The maximum atomic E-state index is 13.1. The summed E-state index contributed by atoms with van der Waals surface area (Å²) in [5.74, 6) is -2.68. The second kappa shape index (κ2) is 7.74. The van der Waals surface area contributed by atoms with Crippen molar-refractivity contribution < 1.29 is 23.9 Å². The molecule has 0 N–H and O–H groups in total. The molecule has 5 nitrogen and oxygen atoms in total. The highest BCUT2D eigenvalue weighted by molar-refractivity contribution is 6.05. The first-order valence-corrected chi connectivity index (χ1v) is 8.84. The molecule has 1 aliphatic rings. The molecule has 0 bridgehead atoms. The number of benzene rings is 2. The van der Waals surface area contributed by atoms with E-state index in [1.54, 1.807) is 0 Å². The predicted molar refractivity (Wildman–Crippen MR) is 99.1 cm³/mol. The Balaban J connectivity index is 2.28. The normalized spacial score (nSPS) is 21.3. The summed E-state index contributed by atoms with van der Waals surface area (Å²) in [5, 5.41) is 0. The van der Waals surface area contributed by atoms with Crippen molar-refractivity contribution in [3.63, 3.8) is 0 Å². The molecule has 27 heavy (non-hydrogen) atoms. The van der Waals surface area contributed by atoms with Gasteiger partial charge in [0.2, 0.25) is 0 Å². The van der Waals surface area contributed by atoms with Crippen molar-refractivity contribution in [2.75, 3.05) is 14.2 Å². The number of ether oxygens (including phenoxy) is 2. The van der Waals surface area contributed by atoms with E-state index >= 15 is 0 Å². The van der Waals surface area contributed by atoms with Gasteiger partial charge < -0.3 is 9.47 Å². The summed E-state index contributed by atoms with van der Waals surface area (Å²) in [4.78, 5) is 38.9. The number of Topliss-reactive ketones (excluding diaryl/α,β-unsaturated/α-hetero) is 1. The smallest absolute Gasteiger partial charge is 0.324 e. The van der Waals surface area contributed by atoms with Crippen LogP contribution < -0.4 is 0 Å². The van der Waals surface area contributed by atoms with Crippen LogP contribution in [-0.4, -0.2) is 31.9 Å². The van der Waals surface area contributed by atoms with Gasteiger partial charge in [0, 0.05) is 24.7 Å². The van der Waals surface area contributed by atoms with Crippen LogP contribution in [0.4, 0.5) is 0 Å². The van der Waals surface area contributed by atoms with Crippen molar-refractivity contribution in [1.29, 1.82) is 0 Å². The van der Waals surface area contributed by atoms with Crippen molar-refractivity contribution in [3.8, 4) is 0 Å². The largest absolute Gasteiger partial charge is 0.468 e. The average Bonchev–Trinajstić information content (AvgIpc) is 2.73. The topological polar surface area (TPSA) is 69.7 Å². The van der Waals surface area contributed by atoms with Crippen molar-refractivity contribution in [2.24, 2.45) is 5.41 Å². The Kier molecular flexibility index (Phi) is 5.40. The standard InChI is InChI=1S/C22H22O5/c1-26-20(24)22(21(25)27-2)18(15-9-5-3-6-10-15)13-17(23)14-19(22)16-11-7-4-8-12-16/h3-12,18-19H,13-14H2,1-2H3/t18-,19-/m1/s1. The van der Waals surface area contributed by atoms with Crippen molar-refractivity contribution in [3.05, 3.63) is 71.8 Å². The van der Waals surface area contributed by atoms with E-state index in [9.17, 15) is 14.4 Å². The Bertz CT molecular complexity index is 759. The Hall–Kier alpha value is -2.95. The third kappa shape index (κ3) is 3.14. The molecular formula is C22H22O5. The minimum atomic E-state index is -1.62. The van der Waals surface area contributed by atoms with Gasteiger partial charge in [-0.15, -0.1) is 0 Å². The highest BCUT2D eigenvalue weighted by Crippen LogP contribution is 2.55. The molecule has 1 saturated carbocycles. The first-order valence-electron chi connectivity index (χ1n) is 8.84. The summed E-state index contributed by atoms with van der Waals surface area (Å²) in [6.07, 6.45) is 0.162. The molecule has 0 radical (unpaired) electrons. The van der Waals surface area contributed by atoms with Crippen LogP contribution in [0.25, 0.3) is 0 Å². The molecule has 140 valence electrons. The van der Waals surface area contributed by atoms with Crippen LogP contribution in [0.5, 0.6) is 0 Å². The third-order valence-corrected chi connectivity index (χ3v) is 5.41. The first-order chi connectivity index (χ1) is 13.1. The first kappa shape index (κ1) is 18.8. The Labute approximate surface area is 158 Å². The minimum Gasteiger partial charge on any atom is -0.468 e. The molecule has 5 heteroatoms. The van der Waals surface area contributed by atoms with Gasteiger partial charge in [-0.25, -0.2) is 0 Å². The monoisotopic (exact) mass is 366 g/mol. The number of hydrogen-bond acceptors (Lipinski definition) is 5. The summed E-state index contributed by atoms with van der Waals surface area (Å²) in [6.45, 7) is 0. The number of methoxy groups -OCH3 is 2. The van der Waals surface area contributed by atoms with E-state index < -0.39 is 29.2 Å². The van der Waals surface area contributed by atoms with Crippen molar-refractivity contribution in [2.45, 2.75) is 24.7 Å². The molecule has 0 unspecified atom stereocenters. The van der Waals surface area contributed by atoms with Crippen LogP contribution in [-0.2, 0) is 23.9 Å². The molecule has 1 aliphatic carbocycles. The van der Waals surface area contributed by atoms with Crippen LogP contribution in [0, 0.1) is 5.41 Å². The van der Waals surface area contributed by atoms with E-state index in [0.717, 1.165) is 11.1 Å². The van der Waals surface area contributed by atoms with Crippen molar-refractivity contribution >= 4 is 17.7 Å². The maximum absolute atomic E-state index is 13.1. The number of carbonyl (C=O) groups is 3. The van der Waals surface area contributed by atoms with Crippen LogP contribution in [0.3, 0.4) is 0 Å². The van der Waals surface area contributed by atoms with E-state index in [1.807, 2.05) is 60.7 Å². The fraction of sp³-hybridized carbons (Fsp3) is 0.318. The fourth-order valence-electron chi connectivity index (χ4n) is 4.23. The molecule has 1 fully saturated rings. The molecule has 0 saturated heterocycles. The zero-order valence-electron chi connectivity index (χ0n) is 15.4. The summed E-state index contributed by atoms with van der Waals surface area (Å²) in [5.41, 5.74) is -0.148. The second-order valence-corrected chi connectivity index (χ2v) is 6.73. The number of rotatable bonds is 4. The lowest BCUT2D eigenvalue weighted by Gasteiger charge is -2.44. The van der Waals surface area contributed by atoms with E-state index in [1.165, 1.54) is 14.2 Å². The summed E-state index contributed by atoms with van der Waals surface area (Å²) in [7, 11) is 2.51.